The third-order valence-electron chi connectivity index (χ3n) is 6.01. The van der Waals surface area contributed by atoms with E-state index in [1.165, 1.54) is 127 Å². The highest BCUT2D eigenvalue weighted by Crippen LogP contribution is 2.20. The quantitative estimate of drug-likeness (QED) is 0.196. The molecule has 0 aliphatic heterocycles. The summed E-state index contributed by atoms with van der Waals surface area (Å²) < 4.78 is 0. The van der Waals surface area contributed by atoms with Crippen molar-refractivity contribution < 1.29 is 0 Å². The number of hydrogen-bond donors (Lipinski definition) is 0. The molecule has 0 spiro atoms. The molecule has 0 aromatic heterocycles. The van der Waals surface area contributed by atoms with E-state index in [9.17, 15) is 0 Å². The summed E-state index contributed by atoms with van der Waals surface area (Å²) in [6, 6.07) is 10.6. The van der Waals surface area contributed by atoms with Crippen LogP contribution >= 0.6 is 0 Å². The van der Waals surface area contributed by atoms with E-state index in [1.807, 2.05) is 0 Å². The molecule has 0 fully saturated rings. The van der Waals surface area contributed by atoms with Gasteiger partial charge in [0.1, 0.15) is 0 Å². The molecular formula is C28H48. The zero-order chi connectivity index (χ0) is 20.1. The lowest BCUT2D eigenvalue weighted by Crippen LogP contribution is -1.85. The van der Waals surface area contributed by atoms with Crippen LogP contribution in [0.4, 0.5) is 0 Å². The largest absolute Gasteiger partial charge is 0.0952 e. The molecule has 1 aromatic rings. The van der Waals surface area contributed by atoms with Crippen molar-refractivity contribution in [3.8, 4) is 0 Å². The molecule has 0 unspecified atom stereocenters. The van der Waals surface area contributed by atoms with Gasteiger partial charge in [-0.3, -0.25) is 0 Å². The standard InChI is InChI=1S/C28H48/c1-3-4-5-6-7-8-9-10-11-12-13-14-15-16-17-18-19-21-24-27(2)28-25-22-20-23-26-28/h20,22-23,25-26H,2-19,21,24H2,1H3. The molecule has 1 rings (SSSR count). The van der Waals surface area contributed by atoms with Gasteiger partial charge in [0.2, 0.25) is 0 Å². The van der Waals surface area contributed by atoms with Crippen molar-refractivity contribution in [1.82, 2.24) is 0 Å². The second kappa shape index (κ2) is 19.3. The van der Waals surface area contributed by atoms with Gasteiger partial charge in [-0.15, -0.1) is 0 Å². The van der Waals surface area contributed by atoms with Crippen molar-refractivity contribution in [1.29, 1.82) is 0 Å². The molecule has 0 atom stereocenters. The molecule has 0 aliphatic rings. The first kappa shape index (κ1) is 25.0. The molecule has 28 heavy (non-hydrogen) atoms. The summed E-state index contributed by atoms with van der Waals surface area (Å²) in [5, 5.41) is 0. The molecule has 0 heterocycles. The van der Waals surface area contributed by atoms with Gasteiger partial charge in [-0.05, 0) is 24.0 Å². The number of rotatable bonds is 20. The van der Waals surface area contributed by atoms with Crippen LogP contribution in [-0.2, 0) is 0 Å². The highest BCUT2D eigenvalue weighted by Gasteiger charge is 1.98. The van der Waals surface area contributed by atoms with Gasteiger partial charge in [-0.1, -0.05) is 153 Å². The number of hydrogen-bond acceptors (Lipinski definition) is 0. The van der Waals surface area contributed by atoms with Gasteiger partial charge >= 0.3 is 0 Å². The summed E-state index contributed by atoms with van der Waals surface area (Å²) in [6.07, 6.45) is 27.0. The maximum absolute atomic E-state index is 4.24. The van der Waals surface area contributed by atoms with Crippen molar-refractivity contribution in [2.75, 3.05) is 0 Å². The molecule has 0 heteroatoms. The smallest absolute Gasteiger partial charge is 0.0230 e. The SMILES string of the molecule is C=C(CCCCCCCCCCCCCCCCCCCC)c1ccccc1. The fourth-order valence-corrected chi connectivity index (χ4v) is 4.06. The lowest BCUT2D eigenvalue weighted by atomic mass is 10.00. The average Bonchev–Trinajstić information content (AvgIpc) is 2.73. The molecule has 0 nitrogen and oxygen atoms in total. The van der Waals surface area contributed by atoms with Crippen LogP contribution < -0.4 is 0 Å². The van der Waals surface area contributed by atoms with Crippen LogP contribution in [0.25, 0.3) is 5.57 Å². The summed E-state index contributed by atoms with van der Waals surface area (Å²) in [6.45, 7) is 6.54. The number of allylic oxidation sites excluding steroid dienone is 1. The lowest BCUT2D eigenvalue weighted by Gasteiger charge is -2.06. The maximum atomic E-state index is 4.24. The minimum absolute atomic E-state index is 1.16. The number of unbranched alkanes of at least 4 members (excludes halogenated alkanes) is 17. The third kappa shape index (κ3) is 14.9. The Morgan fingerprint density at radius 3 is 1.29 bits per heavy atom. The Labute approximate surface area is 177 Å². The van der Waals surface area contributed by atoms with Gasteiger partial charge in [0.05, 0.1) is 0 Å². The summed E-state index contributed by atoms with van der Waals surface area (Å²) in [4.78, 5) is 0. The van der Waals surface area contributed by atoms with Crippen LogP contribution in [0.15, 0.2) is 36.9 Å². The van der Waals surface area contributed by atoms with Crippen molar-refractivity contribution >= 4 is 5.57 Å². The van der Waals surface area contributed by atoms with Gasteiger partial charge in [0.25, 0.3) is 0 Å². The second-order valence-corrected chi connectivity index (χ2v) is 8.73. The van der Waals surface area contributed by atoms with E-state index >= 15 is 0 Å². The summed E-state index contributed by atoms with van der Waals surface area (Å²) in [5.74, 6) is 0. The Hall–Kier alpha value is -1.04. The van der Waals surface area contributed by atoms with Crippen LogP contribution in [0.2, 0.25) is 0 Å². The van der Waals surface area contributed by atoms with E-state index in [2.05, 4.69) is 43.8 Å². The summed E-state index contributed by atoms with van der Waals surface area (Å²) in [7, 11) is 0. The molecule has 1 aromatic carbocycles. The predicted molar refractivity (Wildman–Crippen MR) is 129 cm³/mol. The van der Waals surface area contributed by atoms with E-state index in [4.69, 9.17) is 0 Å². The molecule has 0 N–H and O–H groups in total. The Morgan fingerprint density at radius 1 is 0.536 bits per heavy atom. The maximum Gasteiger partial charge on any atom is -0.0230 e. The predicted octanol–water partition coefficient (Wildman–Crippen LogP) is 10.1. The highest BCUT2D eigenvalue weighted by atomic mass is 14.0. The molecular weight excluding hydrogens is 336 g/mol. The third-order valence-corrected chi connectivity index (χ3v) is 6.01. The molecule has 0 saturated heterocycles. The van der Waals surface area contributed by atoms with E-state index < -0.39 is 0 Å². The minimum atomic E-state index is 1.16. The summed E-state index contributed by atoms with van der Waals surface area (Å²) in [5.41, 5.74) is 2.62. The van der Waals surface area contributed by atoms with E-state index in [1.54, 1.807) is 0 Å². The van der Waals surface area contributed by atoms with Gasteiger partial charge in [-0.2, -0.15) is 0 Å². The topological polar surface area (TPSA) is 0 Å². The zero-order valence-electron chi connectivity index (χ0n) is 19.0. The highest BCUT2D eigenvalue weighted by molar-refractivity contribution is 5.62. The molecule has 160 valence electrons. The van der Waals surface area contributed by atoms with E-state index in [0.717, 1.165) is 6.42 Å². The Morgan fingerprint density at radius 2 is 0.893 bits per heavy atom. The van der Waals surface area contributed by atoms with Crippen LogP contribution in [0.1, 0.15) is 134 Å². The number of benzene rings is 1. The van der Waals surface area contributed by atoms with Gasteiger partial charge < -0.3 is 0 Å². The van der Waals surface area contributed by atoms with Crippen molar-refractivity contribution in [2.45, 2.75) is 129 Å². The van der Waals surface area contributed by atoms with Gasteiger partial charge in [-0.25, -0.2) is 0 Å². The average molecular weight is 385 g/mol. The molecule has 0 saturated carbocycles. The molecule has 0 radical (unpaired) electrons. The van der Waals surface area contributed by atoms with Crippen LogP contribution in [0, 0.1) is 0 Å². The van der Waals surface area contributed by atoms with E-state index in [0.29, 0.717) is 0 Å². The fraction of sp³-hybridized carbons (Fsp3) is 0.714. The van der Waals surface area contributed by atoms with Crippen molar-refractivity contribution in [3.63, 3.8) is 0 Å². The van der Waals surface area contributed by atoms with Crippen LogP contribution in [0.3, 0.4) is 0 Å². The van der Waals surface area contributed by atoms with Crippen molar-refractivity contribution in [3.05, 3.63) is 42.5 Å². The normalized spacial score (nSPS) is 11.0. The van der Waals surface area contributed by atoms with Gasteiger partial charge in [0, 0.05) is 0 Å². The van der Waals surface area contributed by atoms with Crippen LogP contribution in [0.5, 0.6) is 0 Å². The first-order chi connectivity index (χ1) is 13.8. The zero-order valence-corrected chi connectivity index (χ0v) is 19.0. The Balaban J connectivity index is 1.74. The molecule has 0 amide bonds. The lowest BCUT2D eigenvalue weighted by molar-refractivity contribution is 0.525. The monoisotopic (exact) mass is 384 g/mol. The molecule has 0 bridgehead atoms. The second-order valence-electron chi connectivity index (χ2n) is 8.73. The minimum Gasteiger partial charge on any atom is -0.0952 e. The fourth-order valence-electron chi connectivity index (χ4n) is 4.06. The van der Waals surface area contributed by atoms with Crippen molar-refractivity contribution in [2.24, 2.45) is 0 Å². The summed E-state index contributed by atoms with van der Waals surface area (Å²) >= 11 is 0. The Bertz CT molecular complexity index is 444. The Kier molecular flexibility index (Phi) is 17.2. The first-order valence-corrected chi connectivity index (χ1v) is 12.6. The molecule has 0 aliphatic carbocycles. The van der Waals surface area contributed by atoms with Crippen LogP contribution in [-0.4, -0.2) is 0 Å². The van der Waals surface area contributed by atoms with E-state index in [-0.39, 0.29) is 0 Å². The first-order valence-electron chi connectivity index (χ1n) is 12.6. The van der Waals surface area contributed by atoms with Gasteiger partial charge in [0.15, 0.2) is 0 Å².